The summed E-state index contributed by atoms with van der Waals surface area (Å²) in [6, 6.07) is 0. The van der Waals surface area contributed by atoms with Crippen molar-refractivity contribution in [3.05, 3.63) is 85.1 Å². The van der Waals surface area contributed by atoms with Gasteiger partial charge in [-0.05, 0) is 70.6 Å². The Morgan fingerprint density at radius 3 is 0.921 bits per heavy atom. The SMILES string of the molecule is CC/C=C\C/C=C\C/C=C\C/C=C\C/C=C\C/C=C\C/C=C\CCCCCCCCCCCCCC(=O)OC(COC(=O)CCCCCCCCCCCCCCCCCCCCCCCCCCCCCCCCCCCCC)COP(=O)(O)OCCN. The summed E-state index contributed by atoms with van der Waals surface area (Å²) in [5, 5.41) is 0. The van der Waals surface area contributed by atoms with Crippen LogP contribution in [0.1, 0.15) is 373 Å². The standard InChI is InChI=1S/C79H144NO8P/c1-3-5-7-9-11-13-15-17-19-21-23-25-27-29-31-33-35-37-38-40-41-43-45-47-49-51-53-55-57-59-61-63-65-67-69-71-78(81)85-75-77(76-87-89(83,84)86-74-73-80)88-79(82)72-70-68-66-64-62-60-58-56-54-52-50-48-46-44-42-39-36-34-32-30-28-26-24-22-20-18-16-14-12-10-8-6-4-2/h6,8,12,14,18,20,24,26,30,32,36,39,44,46,77H,3-5,7,9-11,13,15-17,19,21-23,25,27-29,31,33-35,37-38,40-43,45,47-76,80H2,1-2H3,(H,83,84)/b8-6-,14-12-,20-18-,26-24-,32-30-,39-36-,46-44-. The van der Waals surface area contributed by atoms with Crippen LogP contribution in [0.25, 0.3) is 0 Å². The quantitative estimate of drug-likeness (QED) is 0.0264. The first-order valence-corrected chi connectivity index (χ1v) is 39.6. The number of hydrogen-bond donors (Lipinski definition) is 2. The van der Waals surface area contributed by atoms with Gasteiger partial charge < -0.3 is 20.1 Å². The minimum atomic E-state index is -4.40. The number of ether oxygens (including phenoxy) is 2. The zero-order valence-corrected chi connectivity index (χ0v) is 59.3. The second-order valence-electron chi connectivity index (χ2n) is 25.5. The minimum Gasteiger partial charge on any atom is -0.462 e. The predicted molar refractivity (Wildman–Crippen MR) is 386 cm³/mol. The van der Waals surface area contributed by atoms with Gasteiger partial charge >= 0.3 is 19.8 Å². The first-order chi connectivity index (χ1) is 43.8. The van der Waals surface area contributed by atoms with Crippen LogP contribution in [0, 0.1) is 0 Å². The van der Waals surface area contributed by atoms with E-state index in [1.807, 2.05) is 0 Å². The molecule has 10 heteroatoms. The van der Waals surface area contributed by atoms with E-state index in [2.05, 4.69) is 98.9 Å². The summed E-state index contributed by atoms with van der Waals surface area (Å²) in [4.78, 5) is 35.4. The number of carbonyl (C=O) groups excluding carboxylic acids is 2. The van der Waals surface area contributed by atoms with E-state index >= 15 is 0 Å². The Balaban J connectivity index is 3.83. The molecule has 0 aliphatic rings. The Bertz CT molecular complexity index is 1740. The van der Waals surface area contributed by atoms with Crippen molar-refractivity contribution in [2.75, 3.05) is 26.4 Å². The van der Waals surface area contributed by atoms with Gasteiger partial charge in [-0.15, -0.1) is 0 Å². The molecule has 9 nitrogen and oxygen atoms in total. The number of phosphoric ester groups is 1. The molecule has 2 atom stereocenters. The van der Waals surface area contributed by atoms with Gasteiger partial charge in [0.2, 0.25) is 0 Å². The molecule has 0 aromatic carbocycles. The molecular formula is C79H144NO8P. The maximum atomic E-state index is 12.8. The van der Waals surface area contributed by atoms with Crippen molar-refractivity contribution < 1.29 is 37.6 Å². The molecule has 0 bridgehead atoms. The Kier molecular flexibility index (Phi) is 71.9. The molecule has 0 aliphatic carbocycles. The first-order valence-electron chi connectivity index (χ1n) is 38.1. The maximum absolute atomic E-state index is 12.8. The Labute approximate surface area is 551 Å². The first kappa shape index (κ1) is 86.2. The molecule has 0 aromatic rings. The van der Waals surface area contributed by atoms with Crippen LogP contribution < -0.4 is 5.73 Å². The highest BCUT2D eigenvalue weighted by atomic mass is 31.2. The monoisotopic (exact) mass is 1270 g/mol. The zero-order valence-electron chi connectivity index (χ0n) is 58.4. The lowest BCUT2D eigenvalue weighted by atomic mass is 10.0. The molecule has 0 heterocycles. The summed E-state index contributed by atoms with van der Waals surface area (Å²) in [7, 11) is -4.40. The van der Waals surface area contributed by atoms with Crippen LogP contribution in [-0.2, 0) is 32.7 Å². The molecule has 0 saturated carbocycles. The largest absolute Gasteiger partial charge is 0.472 e. The predicted octanol–water partition coefficient (Wildman–Crippen LogP) is 25.3. The molecule has 0 rings (SSSR count). The van der Waals surface area contributed by atoms with Crippen molar-refractivity contribution >= 4 is 19.8 Å². The summed E-state index contributed by atoms with van der Waals surface area (Å²) in [6.45, 7) is 3.68. The topological polar surface area (TPSA) is 134 Å². The molecule has 0 aromatic heterocycles. The van der Waals surface area contributed by atoms with E-state index in [9.17, 15) is 19.0 Å². The van der Waals surface area contributed by atoms with Crippen molar-refractivity contribution in [2.45, 2.75) is 380 Å². The fourth-order valence-electron chi connectivity index (χ4n) is 11.2. The molecule has 2 unspecified atom stereocenters. The second-order valence-corrected chi connectivity index (χ2v) is 27.0. The lowest BCUT2D eigenvalue weighted by Crippen LogP contribution is -2.29. The molecule has 89 heavy (non-hydrogen) atoms. The minimum absolute atomic E-state index is 0.0516. The summed E-state index contributed by atoms with van der Waals surface area (Å²) >= 11 is 0. The van der Waals surface area contributed by atoms with Crippen molar-refractivity contribution in [1.29, 1.82) is 0 Å². The molecule has 0 fully saturated rings. The van der Waals surface area contributed by atoms with Crippen molar-refractivity contribution in [3.8, 4) is 0 Å². The van der Waals surface area contributed by atoms with Crippen LogP contribution in [0.2, 0.25) is 0 Å². The van der Waals surface area contributed by atoms with Gasteiger partial charge in [-0.3, -0.25) is 18.6 Å². The van der Waals surface area contributed by atoms with Gasteiger partial charge in [-0.1, -0.05) is 375 Å². The fraction of sp³-hybridized carbons (Fsp3) is 0.797. The zero-order chi connectivity index (χ0) is 64.4. The van der Waals surface area contributed by atoms with Crippen LogP contribution in [0.15, 0.2) is 85.1 Å². The highest BCUT2D eigenvalue weighted by molar-refractivity contribution is 7.47. The smallest absolute Gasteiger partial charge is 0.462 e. The van der Waals surface area contributed by atoms with Crippen LogP contribution in [0.3, 0.4) is 0 Å². The summed E-state index contributed by atoms with van der Waals surface area (Å²) in [6.07, 6.45) is 99.9. The molecule has 0 aliphatic heterocycles. The van der Waals surface area contributed by atoms with Gasteiger partial charge in [0.1, 0.15) is 6.61 Å². The molecule has 3 N–H and O–H groups in total. The van der Waals surface area contributed by atoms with Crippen LogP contribution in [0.5, 0.6) is 0 Å². The third-order valence-electron chi connectivity index (χ3n) is 16.8. The van der Waals surface area contributed by atoms with E-state index in [0.29, 0.717) is 6.42 Å². The summed E-state index contributed by atoms with van der Waals surface area (Å²) in [5.41, 5.74) is 5.41. The number of unbranched alkanes of at least 4 members (excludes halogenated alkanes) is 45. The second kappa shape index (κ2) is 74.2. The van der Waals surface area contributed by atoms with E-state index in [1.54, 1.807) is 0 Å². The molecule has 0 amide bonds. The van der Waals surface area contributed by atoms with Gasteiger partial charge in [0.05, 0.1) is 13.2 Å². The number of esters is 2. The van der Waals surface area contributed by atoms with Gasteiger partial charge in [0.25, 0.3) is 0 Å². The van der Waals surface area contributed by atoms with E-state index in [0.717, 1.165) is 89.9 Å². The molecule has 0 radical (unpaired) electrons. The Morgan fingerprint density at radius 1 is 0.348 bits per heavy atom. The summed E-state index contributed by atoms with van der Waals surface area (Å²) < 4.78 is 33.2. The van der Waals surface area contributed by atoms with Crippen molar-refractivity contribution in [2.24, 2.45) is 5.73 Å². The fourth-order valence-corrected chi connectivity index (χ4v) is 12.0. The van der Waals surface area contributed by atoms with Gasteiger partial charge in [-0.2, -0.15) is 0 Å². The van der Waals surface area contributed by atoms with Crippen molar-refractivity contribution in [3.63, 3.8) is 0 Å². The number of nitrogens with two attached hydrogens (primary N) is 1. The molecule has 0 spiro atoms. The molecular weight excluding hydrogens is 1120 g/mol. The highest BCUT2D eigenvalue weighted by Crippen LogP contribution is 2.43. The lowest BCUT2D eigenvalue weighted by Gasteiger charge is -2.19. The Morgan fingerprint density at radius 2 is 0.618 bits per heavy atom. The van der Waals surface area contributed by atoms with Crippen LogP contribution >= 0.6 is 7.82 Å². The van der Waals surface area contributed by atoms with Crippen LogP contribution in [-0.4, -0.2) is 49.3 Å². The van der Waals surface area contributed by atoms with Crippen LogP contribution in [0.4, 0.5) is 0 Å². The number of carbonyl (C=O) groups is 2. The van der Waals surface area contributed by atoms with Gasteiger partial charge in [0, 0.05) is 19.4 Å². The number of phosphoric acid groups is 1. The average Bonchev–Trinajstić information content (AvgIpc) is 3.58. The number of hydrogen-bond acceptors (Lipinski definition) is 8. The third kappa shape index (κ3) is 74.1. The molecule has 0 saturated heterocycles. The normalized spacial score (nSPS) is 13.3. The average molecular weight is 1270 g/mol. The molecule has 518 valence electrons. The number of allylic oxidation sites excluding steroid dienone is 14. The van der Waals surface area contributed by atoms with E-state index < -0.39 is 26.5 Å². The van der Waals surface area contributed by atoms with Crippen molar-refractivity contribution in [1.82, 2.24) is 0 Å². The third-order valence-corrected chi connectivity index (χ3v) is 17.8. The van der Waals surface area contributed by atoms with Gasteiger partial charge in [-0.25, -0.2) is 4.57 Å². The van der Waals surface area contributed by atoms with E-state index in [-0.39, 0.29) is 38.6 Å². The summed E-state index contributed by atoms with van der Waals surface area (Å²) in [5.74, 6) is -0.817. The maximum Gasteiger partial charge on any atom is 0.472 e. The highest BCUT2D eigenvalue weighted by Gasteiger charge is 2.26. The van der Waals surface area contributed by atoms with E-state index in [1.165, 1.54) is 250 Å². The van der Waals surface area contributed by atoms with Gasteiger partial charge in [0.15, 0.2) is 6.10 Å². The van der Waals surface area contributed by atoms with E-state index in [4.69, 9.17) is 24.3 Å². The lowest BCUT2D eigenvalue weighted by molar-refractivity contribution is -0.161. The number of rotatable bonds is 72. The Hall–Kier alpha value is -2.81.